The van der Waals surface area contributed by atoms with Gasteiger partial charge < -0.3 is 24.5 Å². The molecule has 0 saturated heterocycles. The van der Waals surface area contributed by atoms with E-state index in [-0.39, 0.29) is 11.5 Å². The summed E-state index contributed by atoms with van der Waals surface area (Å²) in [5.41, 5.74) is 1.47. The number of thiophene rings is 1. The van der Waals surface area contributed by atoms with Gasteiger partial charge in [-0.05, 0) is 42.8 Å². The third-order valence-electron chi connectivity index (χ3n) is 5.02. The number of benzene rings is 2. The summed E-state index contributed by atoms with van der Waals surface area (Å²) in [5, 5.41) is 3.24. The van der Waals surface area contributed by atoms with E-state index in [0.717, 1.165) is 0 Å². The van der Waals surface area contributed by atoms with Gasteiger partial charge in [-0.3, -0.25) is 9.59 Å². The Bertz CT molecular complexity index is 1380. The number of H-pyrrole nitrogens is 1. The molecule has 0 radical (unpaired) electrons. The Kier molecular flexibility index (Phi) is 5.83. The van der Waals surface area contributed by atoms with Crippen LogP contribution in [0.5, 0.6) is 17.2 Å². The molecule has 4 aromatic rings. The van der Waals surface area contributed by atoms with Gasteiger partial charge in [0.15, 0.2) is 11.5 Å². The molecule has 4 rings (SSSR count). The van der Waals surface area contributed by atoms with Crippen LogP contribution in [0, 0.1) is 6.92 Å². The van der Waals surface area contributed by atoms with Crippen LogP contribution in [0.2, 0.25) is 0 Å². The zero-order valence-corrected chi connectivity index (χ0v) is 18.8. The molecule has 0 saturated carbocycles. The van der Waals surface area contributed by atoms with Crippen molar-refractivity contribution < 1.29 is 19.0 Å². The average Bonchev–Trinajstić information content (AvgIpc) is 3.15. The van der Waals surface area contributed by atoms with Crippen molar-refractivity contribution in [1.82, 2.24) is 9.97 Å². The number of nitrogens with one attached hydrogen (secondary N) is 2. The fraction of sp³-hybridized carbons (Fsp3) is 0.174. The van der Waals surface area contributed by atoms with Gasteiger partial charge in [-0.25, -0.2) is 4.98 Å². The first-order valence-corrected chi connectivity index (χ1v) is 10.5. The molecule has 8 nitrogen and oxygen atoms in total. The van der Waals surface area contributed by atoms with Crippen molar-refractivity contribution in [3.63, 3.8) is 0 Å². The van der Waals surface area contributed by atoms with Crippen LogP contribution < -0.4 is 25.1 Å². The SMILES string of the molecule is COc1ccccc1NC(=O)c1sc2nc(-c3ccc(OC)c(OC)c3)[nH]c(=O)c2c1C. The number of hydrogen-bond acceptors (Lipinski definition) is 7. The molecule has 0 aliphatic rings. The monoisotopic (exact) mass is 451 g/mol. The van der Waals surface area contributed by atoms with Crippen LogP contribution >= 0.6 is 11.3 Å². The second-order valence-electron chi connectivity index (χ2n) is 6.88. The second-order valence-corrected chi connectivity index (χ2v) is 7.87. The molecule has 0 spiro atoms. The topological polar surface area (TPSA) is 103 Å². The third-order valence-corrected chi connectivity index (χ3v) is 6.20. The Morgan fingerprint density at radius 1 is 1.00 bits per heavy atom. The van der Waals surface area contributed by atoms with Crippen LogP contribution in [-0.2, 0) is 0 Å². The number of ether oxygens (including phenoxy) is 3. The van der Waals surface area contributed by atoms with Gasteiger partial charge in [-0.1, -0.05) is 12.1 Å². The van der Waals surface area contributed by atoms with Crippen molar-refractivity contribution in [2.24, 2.45) is 0 Å². The molecule has 0 unspecified atom stereocenters. The predicted molar refractivity (Wildman–Crippen MR) is 124 cm³/mol. The van der Waals surface area contributed by atoms with E-state index in [1.54, 1.807) is 50.4 Å². The summed E-state index contributed by atoms with van der Waals surface area (Å²) in [6.45, 7) is 1.74. The standard InChI is InChI=1S/C23H21N3O5S/c1-12-18-21(27)25-20(13-9-10-16(30-3)17(11-13)31-4)26-23(18)32-19(12)22(28)24-14-7-5-6-8-15(14)29-2/h5-11H,1-4H3,(H,24,28)(H,25,26,27). The third kappa shape index (κ3) is 3.78. The van der Waals surface area contributed by atoms with Crippen LogP contribution in [0.1, 0.15) is 15.2 Å². The molecule has 0 atom stereocenters. The number of amides is 1. The first-order chi connectivity index (χ1) is 15.5. The number of aromatic amines is 1. The van der Waals surface area contributed by atoms with Gasteiger partial charge >= 0.3 is 0 Å². The molecule has 32 heavy (non-hydrogen) atoms. The van der Waals surface area contributed by atoms with E-state index in [4.69, 9.17) is 14.2 Å². The maximum Gasteiger partial charge on any atom is 0.266 e. The van der Waals surface area contributed by atoms with Crippen molar-refractivity contribution in [3.05, 3.63) is 63.3 Å². The summed E-state index contributed by atoms with van der Waals surface area (Å²) in [4.78, 5) is 34.1. The Morgan fingerprint density at radius 2 is 1.72 bits per heavy atom. The Hall–Kier alpha value is -3.85. The highest BCUT2D eigenvalue weighted by Crippen LogP contribution is 2.33. The van der Waals surface area contributed by atoms with E-state index in [1.807, 2.05) is 6.07 Å². The van der Waals surface area contributed by atoms with E-state index in [9.17, 15) is 9.59 Å². The minimum atomic E-state index is -0.331. The minimum absolute atomic E-state index is 0.315. The molecule has 0 aliphatic carbocycles. The van der Waals surface area contributed by atoms with E-state index in [0.29, 0.717) is 55.0 Å². The Labute approximate surface area is 187 Å². The van der Waals surface area contributed by atoms with Gasteiger partial charge in [0.05, 0.1) is 37.3 Å². The van der Waals surface area contributed by atoms with Gasteiger partial charge in [0.2, 0.25) is 0 Å². The smallest absolute Gasteiger partial charge is 0.266 e. The maximum absolute atomic E-state index is 13.0. The molecule has 2 heterocycles. The summed E-state index contributed by atoms with van der Waals surface area (Å²) >= 11 is 1.17. The van der Waals surface area contributed by atoms with Gasteiger partial charge in [-0.15, -0.1) is 11.3 Å². The Morgan fingerprint density at radius 3 is 2.44 bits per heavy atom. The number of aromatic nitrogens is 2. The molecule has 9 heteroatoms. The highest BCUT2D eigenvalue weighted by atomic mass is 32.1. The molecule has 1 amide bonds. The molecular formula is C23H21N3O5S. The average molecular weight is 452 g/mol. The van der Waals surface area contributed by atoms with E-state index in [2.05, 4.69) is 15.3 Å². The first-order valence-electron chi connectivity index (χ1n) is 9.67. The summed E-state index contributed by atoms with van der Waals surface area (Å²) in [5.74, 6) is 1.68. The quantitative estimate of drug-likeness (QED) is 0.455. The lowest BCUT2D eigenvalue weighted by Gasteiger charge is -2.09. The largest absolute Gasteiger partial charge is 0.495 e. The van der Waals surface area contributed by atoms with Crippen LogP contribution in [0.25, 0.3) is 21.6 Å². The van der Waals surface area contributed by atoms with Gasteiger partial charge in [0.1, 0.15) is 16.4 Å². The maximum atomic E-state index is 13.0. The van der Waals surface area contributed by atoms with Crippen molar-refractivity contribution in [1.29, 1.82) is 0 Å². The van der Waals surface area contributed by atoms with Crippen molar-refractivity contribution in [2.45, 2.75) is 6.92 Å². The lowest BCUT2D eigenvalue weighted by molar-refractivity contribution is 0.102. The van der Waals surface area contributed by atoms with Gasteiger partial charge in [0, 0.05) is 5.56 Å². The van der Waals surface area contributed by atoms with Crippen molar-refractivity contribution in [2.75, 3.05) is 26.6 Å². The fourth-order valence-electron chi connectivity index (χ4n) is 3.41. The number of rotatable bonds is 6. The zero-order valence-electron chi connectivity index (χ0n) is 17.9. The van der Waals surface area contributed by atoms with Crippen LogP contribution in [-0.4, -0.2) is 37.2 Å². The molecule has 0 bridgehead atoms. The number of fused-ring (bicyclic) bond motifs is 1. The van der Waals surface area contributed by atoms with Crippen molar-refractivity contribution >= 4 is 33.1 Å². The molecule has 0 fully saturated rings. The number of nitrogens with zero attached hydrogens (tertiary/aromatic N) is 1. The molecule has 2 N–H and O–H groups in total. The van der Waals surface area contributed by atoms with Crippen LogP contribution in [0.4, 0.5) is 5.69 Å². The lowest BCUT2D eigenvalue weighted by Crippen LogP contribution is -2.13. The van der Waals surface area contributed by atoms with Crippen LogP contribution in [0.3, 0.4) is 0 Å². The highest BCUT2D eigenvalue weighted by molar-refractivity contribution is 7.20. The second kappa shape index (κ2) is 8.72. The number of aryl methyl sites for hydroxylation is 1. The molecule has 2 aromatic carbocycles. The number of anilines is 1. The molecule has 2 aromatic heterocycles. The summed E-state index contributed by atoms with van der Waals surface area (Å²) < 4.78 is 15.9. The molecule has 164 valence electrons. The highest BCUT2D eigenvalue weighted by Gasteiger charge is 2.21. The summed E-state index contributed by atoms with van der Waals surface area (Å²) in [6.07, 6.45) is 0. The number of para-hydroxylation sites is 2. The zero-order chi connectivity index (χ0) is 22.8. The number of methoxy groups -OCH3 is 3. The number of hydrogen-bond donors (Lipinski definition) is 2. The summed E-state index contributed by atoms with van der Waals surface area (Å²) in [6, 6.07) is 12.4. The first kappa shape index (κ1) is 21.4. The van der Waals surface area contributed by atoms with Gasteiger partial charge in [-0.2, -0.15) is 0 Å². The van der Waals surface area contributed by atoms with E-state index in [1.165, 1.54) is 25.6 Å². The summed E-state index contributed by atoms with van der Waals surface area (Å²) in [7, 11) is 4.63. The normalized spacial score (nSPS) is 10.8. The fourth-order valence-corrected chi connectivity index (χ4v) is 4.48. The number of carbonyl (C=O) groups excluding carboxylic acids is 1. The Balaban J connectivity index is 1.75. The predicted octanol–water partition coefficient (Wildman–Crippen LogP) is 4.24. The molecular weight excluding hydrogens is 430 g/mol. The van der Waals surface area contributed by atoms with Gasteiger partial charge in [0.25, 0.3) is 11.5 Å². The minimum Gasteiger partial charge on any atom is -0.495 e. The van der Waals surface area contributed by atoms with Crippen LogP contribution in [0.15, 0.2) is 47.3 Å². The van der Waals surface area contributed by atoms with E-state index < -0.39 is 0 Å². The lowest BCUT2D eigenvalue weighted by atomic mass is 10.1. The van der Waals surface area contributed by atoms with E-state index >= 15 is 0 Å². The molecule has 0 aliphatic heterocycles. The number of carbonyl (C=O) groups is 1. The van der Waals surface area contributed by atoms with Crippen molar-refractivity contribution in [3.8, 4) is 28.6 Å².